The molecule has 1 aromatic rings. The summed E-state index contributed by atoms with van der Waals surface area (Å²) in [5, 5.41) is 0. The summed E-state index contributed by atoms with van der Waals surface area (Å²) in [6.45, 7) is 6.11. The summed E-state index contributed by atoms with van der Waals surface area (Å²) in [5.74, 6) is 0.658. The maximum Gasteiger partial charge on any atom is 0.0986 e. The van der Waals surface area contributed by atoms with Gasteiger partial charge in [0.2, 0.25) is 0 Å². The van der Waals surface area contributed by atoms with Crippen LogP contribution in [-0.4, -0.2) is 25.8 Å². The van der Waals surface area contributed by atoms with Crippen molar-refractivity contribution in [1.29, 1.82) is 0 Å². The van der Waals surface area contributed by atoms with Crippen molar-refractivity contribution >= 4 is 0 Å². The third-order valence-electron chi connectivity index (χ3n) is 2.96. The third-order valence-corrected chi connectivity index (χ3v) is 2.96. The molecule has 0 aliphatic carbocycles. The van der Waals surface area contributed by atoms with Gasteiger partial charge in [0.1, 0.15) is 0 Å². The van der Waals surface area contributed by atoms with E-state index in [4.69, 9.17) is 4.74 Å². The van der Waals surface area contributed by atoms with Crippen molar-refractivity contribution in [1.82, 2.24) is 4.90 Å². The number of hydrogen-bond donors (Lipinski definition) is 0. The van der Waals surface area contributed by atoms with Crippen LogP contribution in [0.5, 0.6) is 0 Å². The molecule has 0 aromatic heterocycles. The molecular weight excluding hydrogens is 198 g/mol. The van der Waals surface area contributed by atoms with Crippen LogP contribution in [0.15, 0.2) is 24.3 Å². The average Bonchev–Trinajstić information content (AvgIpc) is 2.29. The molecule has 1 atom stereocenters. The minimum Gasteiger partial charge on any atom is -0.369 e. The van der Waals surface area contributed by atoms with Gasteiger partial charge in [-0.05, 0) is 30.5 Å². The van der Waals surface area contributed by atoms with Gasteiger partial charge in [0.05, 0.1) is 6.73 Å². The van der Waals surface area contributed by atoms with Gasteiger partial charge >= 0.3 is 0 Å². The van der Waals surface area contributed by atoms with Crippen molar-refractivity contribution in [2.24, 2.45) is 0 Å². The van der Waals surface area contributed by atoms with E-state index in [0.717, 1.165) is 6.54 Å². The fraction of sp³-hybridized carbons (Fsp3) is 0.571. The summed E-state index contributed by atoms with van der Waals surface area (Å²) in [5.41, 5.74) is 2.77. The Kier molecular flexibility index (Phi) is 5.50. The van der Waals surface area contributed by atoms with Crippen molar-refractivity contribution in [3.8, 4) is 0 Å². The van der Waals surface area contributed by atoms with E-state index in [9.17, 15) is 0 Å². The molecule has 0 spiro atoms. The van der Waals surface area contributed by atoms with E-state index in [2.05, 4.69) is 50.1 Å². The van der Waals surface area contributed by atoms with Crippen LogP contribution in [0, 0.1) is 0 Å². The summed E-state index contributed by atoms with van der Waals surface area (Å²) < 4.78 is 5.08. The fourth-order valence-electron chi connectivity index (χ4n) is 1.76. The minimum absolute atomic E-state index is 0.658. The number of methoxy groups -OCH3 is 1. The number of rotatable bonds is 6. The molecule has 0 radical (unpaired) electrons. The number of nitrogens with zero attached hydrogens (tertiary/aromatic N) is 1. The Bertz CT molecular complexity index is 294. The highest BCUT2D eigenvalue weighted by Gasteiger charge is 2.03. The fourth-order valence-corrected chi connectivity index (χ4v) is 1.76. The standard InChI is InChI=1S/C14H23NO/c1-5-12(2)14-8-6-13(7-9-14)10-15(3)11-16-4/h6-9,12H,5,10-11H2,1-4H3. The van der Waals surface area contributed by atoms with E-state index in [0.29, 0.717) is 12.6 Å². The van der Waals surface area contributed by atoms with Crippen LogP contribution in [0.4, 0.5) is 0 Å². The van der Waals surface area contributed by atoms with E-state index in [-0.39, 0.29) is 0 Å². The Hall–Kier alpha value is -0.860. The predicted molar refractivity (Wildman–Crippen MR) is 68.5 cm³/mol. The van der Waals surface area contributed by atoms with Gasteiger partial charge in [0.25, 0.3) is 0 Å². The first kappa shape index (κ1) is 13.2. The van der Waals surface area contributed by atoms with Crippen LogP contribution in [0.2, 0.25) is 0 Å². The second kappa shape index (κ2) is 6.66. The Morgan fingerprint density at radius 1 is 1.25 bits per heavy atom. The van der Waals surface area contributed by atoms with Crippen molar-refractivity contribution in [3.63, 3.8) is 0 Å². The normalized spacial score (nSPS) is 13.1. The monoisotopic (exact) mass is 221 g/mol. The first-order chi connectivity index (χ1) is 7.67. The lowest BCUT2D eigenvalue weighted by Gasteiger charge is -2.16. The lowest BCUT2D eigenvalue weighted by atomic mass is 9.98. The maximum atomic E-state index is 5.08. The molecule has 90 valence electrons. The maximum absolute atomic E-state index is 5.08. The van der Waals surface area contributed by atoms with E-state index in [1.807, 2.05) is 0 Å². The smallest absolute Gasteiger partial charge is 0.0986 e. The molecule has 16 heavy (non-hydrogen) atoms. The van der Waals surface area contributed by atoms with Crippen LogP contribution < -0.4 is 0 Å². The summed E-state index contributed by atoms with van der Waals surface area (Å²) in [4.78, 5) is 2.15. The SMILES string of the molecule is CCC(C)c1ccc(CN(C)COC)cc1. The topological polar surface area (TPSA) is 12.5 Å². The summed E-state index contributed by atoms with van der Waals surface area (Å²) in [7, 11) is 3.79. The molecular formula is C14H23NO. The zero-order valence-electron chi connectivity index (χ0n) is 10.9. The Morgan fingerprint density at radius 3 is 2.38 bits per heavy atom. The lowest BCUT2D eigenvalue weighted by molar-refractivity contribution is 0.0771. The van der Waals surface area contributed by atoms with Crippen molar-refractivity contribution in [2.75, 3.05) is 20.9 Å². The van der Waals surface area contributed by atoms with E-state index in [1.54, 1.807) is 7.11 Å². The number of benzene rings is 1. The van der Waals surface area contributed by atoms with Gasteiger partial charge in [-0.2, -0.15) is 0 Å². The molecule has 0 heterocycles. The summed E-state index contributed by atoms with van der Waals surface area (Å²) in [6, 6.07) is 8.91. The molecule has 2 nitrogen and oxygen atoms in total. The van der Waals surface area contributed by atoms with Gasteiger partial charge in [-0.3, -0.25) is 4.90 Å². The van der Waals surface area contributed by atoms with Gasteiger partial charge in [-0.25, -0.2) is 0 Å². The van der Waals surface area contributed by atoms with Crippen LogP contribution in [-0.2, 0) is 11.3 Å². The van der Waals surface area contributed by atoms with Crippen molar-refractivity contribution in [2.45, 2.75) is 32.7 Å². The molecule has 0 saturated carbocycles. The first-order valence-corrected chi connectivity index (χ1v) is 5.93. The van der Waals surface area contributed by atoms with Crippen molar-refractivity contribution < 1.29 is 4.74 Å². The average molecular weight is 221 g/mol. The highest BCUT2D eigenvalue weighted by atomic mass is 16.5. The molecule has 0 fully saturated rings. The zero-order valence-corrected chi connectivity index (χ0v) is 10.9. The first-order valence-electron chi connectivity index (χ1n) is 5.93. The number of ether oxygens (including phenoxy) is 1. The Balaban J connectivity index is 2.57. The molecule has 0 amide bonds. The second-order valence-corrected chi connectivity index (χ2v) is 4.48. The quantitative estimate of drug-likeness (QED) is 0.684. The predicted octanol–water partition coefficient (Wildman–Crippen LogP) is 3.24. The molecule has 1 unspecified atom stereocenters. The zero-order chi connectivity index (χ0) is 12.0. The van der Waals surface area contributed by atoms with Crippen LogP contribution in [0.3, 0.4) is 0 Å². The van der Waals surface area contributed by atoms with E-state index >= 15 is 0 Å². The largest absolute Gasteiger partial charge is 0.369 e. The lowest BCUT2D eigenvalue weighted by Crippen LogP contribution is -2.20. The molecule has 0 N–H and O–H groups in total. The third kappa shape index (κ3) is 3.95. The molecule has 0 bridgehead atoms. The van der Waals surface area contributed by atoms with Gasteiger partial charge < -0.3 is 4.74 Å². The van der Waals surface area contributed by atoms with Crippen LogP contribution >= 0.6 is 0 Å². The second-order valence-electron chi connectivity index (χ2n) is 4.48. The minimum atomic E-state index is 0.658. The van der Waals surface area contributed by atoms with Crippen LogP contribution in [0.1, 0.15) is 37.3 Å². The van der Waals surface area contributed by atoms with Crippen LogP contribution in [0.25, 0.3) is 0 Å². The molecule has 1 aromatic carbocycles. The van der Waals surface area contributed by atoms with Gasteiger partial charge in [0, 0.05) is 13.7 Å². The molecule has 0 aliphatic rings. The molecule has 2 heteroatoms. The summed E-state index contributed by atoms with van der Waals surface area (Å²) >= 11 is 0. The molecule has 0 saturated heterocycles. The highest BCUT2D eigenvalue weighted by Crippen LogP contribution is 2.19. The number of hydrogen-bond acceptors (Lipinski definition) is 2. The van der Waals surface area contributed by atoms with Gasteiger partial charge in [-0.15, -0.1) is 0 Å². The van der Waals surface area contributed by atoms with Gasteiger partial charge in [-0.1, -0.05) is 38.1 Å². The molecule has 1 rings (SSSR count). The van der Waals surface area contributed by atoms with Gasteiger partial charge in [0.15, 0.2) is 0 Å². The van der Waals surface area contributed by atoms with E-state index < -0.39 is 0 Å². The van der Waals surface area contributed by atoms with Crippen molar-refractivity contribution in [3.05, 3.63) is 35.4 Å². The Morgan fingerprint density at radius 2 is 1.88 bits per heavy atom. The Labute approximate surface area is 99.2 Å². The molecule has 0 aliphatic heterocycles. The highest BCUT2D eigenvalue weighted by molar-refractivity contribution is 5.24. The van der Waals surface area contributed by atoms with E-state index in [1.165, 1.54) is 17.5 Å². The summed E-state index contributed by atoms with van der Waals surface area (Å²) in [6.07, 6.45) is 1.20.